The molecular weight excluding hydrogens is 240 g/mol. The summed E-state index contributed by atoms with van der Waals surface area (Å²) in [5, 5.41) is 4.34. The van der Waals surface area contributed by atoms with Crippen LogP contribution in [0.4, 0.5) is 5.82 Å². The van der Waals surface area contributed by atoms with Crippen molar-refractivity contribution in [2.45, 2.75) is 20.3 Å². The molecule has 0 saturated heterocycles. The lowest BCUT2D eigenvalue weighted by molar-refractivity contribution is 0.397. The molecule has 1 heterocycles. The number of anilines is 1. The first kappa shape index (κ1) is 13.5. The fraction of sp³-hybridized carbons (Fsp3) is 0.400. The number of benzene rings is 1. The van der Waals surface area contributed by atoms with Crippen LogP contribution in [0.25, 0.3) is 10.9 Å². The molecule has 1 N–H and O–H groups in total. The minimum Gasteiger partial charge on any atom is -0.497 e. The summed E-state index contributed by atoms with van der Waals surface area (Å²) in [6.45, 7) is 5.04. The molecule has 4 nitrogen and oxygen atoms in total. The van der Waals surface area contributed by atoms with Gasteiger partial charge in [0.1, 0.15) is 22.8 Å². The van der Waals surface area contributed by atoms with Crippen LogP contribution in [0.15, 0.2) is 18.2 Å². The quantitative estimate of drug-likeness (QED) is 0.896. The van der Waals surface area contributed by atoms with Gasteiger partial charge in [-0.1, -0.05) is 6.92 Å². The van der Waals surface area contributed by atoms with Crippen molar-refractivity contribution in [2.24, 2.45) is 0 Å². The molecule has 102 valence electrons. The molecule has 0 amide bonds. The molecule has 2 aromatic rings. The van der Waals surface area contributed by atoms with Gasteiger partial charge in [0.2, 0.25) is 0 Å². The van der Waals surface area contributed by atoms with Crippen LogP contribution in [0.3, 0.4) is 0 Å². The number of aromatic nitrogens is 1. The molecule has 0 fully saturated rings. The lowest BCUT2D eigenvalue weighted by Gasteiger charge is -2.13. The molecule has 1 aromatic carbocycles. The highest BCUT2D eigenvalue weighted by Gasteiger charge is 2.11. The van der Waals surface area contributed by atoms with E-state index in [0.717, 1.165) is 41.2 Å². The summed E-state index contributed by atoms with van der Waals surface area (Å²) in [5.41, 5.74) is 2.06. The summed E-state index contributed by atoms with van der Waals surface area (Å²) in [6, 6.07) is 5.99. The fourth-order valence-electron chi connectivity index (χ4n) is 2.14. The lowest BCUT2D eigenvalue weighted by atomic mass is 10.1. The van der Waals surface area contributed by atoms with Crippen LogP contribution in [-0.4, -0.2) is 25.7 Å². The Bertz CT molecular complexity index is 582. The van der Waals surface area contributed by atoms with Crippen LogP contribution in [0.1, 0.15) is 19.4 Å². The van der Waals surface area contributed by atoms with E-state index in [4.69, 9.17) is 14.5 Å². The molecular formula is C15H20N2O2. The normalized spacial score (nSPS) is 10.5. The number of rotatable bonds is 5. The van der Waals surface area contributed by atoms with Gasteiger partial charge in [0.15, 0.2) is 0 Å². The zero-order valence-corrected chi connectivity index (χ0v) is 11.9. The lowest BCUT2D eigenvalue weighted by Crippen LogP contribution is -2.04. The zero-order valence-electron chi connectivity index (χ0n) is 11.9. The van der Waals surface area contributed by atoms with Gasteiger partial charge in [-0.05, 0) is 31.0 Å². The second-order valence-corrected chi connectivity index (χ2v) is 4.28. The van der Waals surface area contributed by atoms with Gasteiger partial charge >= 0.3 is 0 Å². The number of aryl methyl sites for hydroxylation is 1. The summed E-state index contributed by atoms with van der Waals surface area (Å²) < 4.78 is 10.7. The van der Waals surface area contributed by atoms with Gasteiger partial charge in [-0.15, -0.1) is 0 Å². The van der Waals surface area contributed by atoms with Gasteiger partial charge in [0, 0.05) is 18.0 Å². The molecule has 0 bridgehead atoms. The van der Waals surface area contributed by atoms with E-state index in [0.29, 0.717) is 0 Å². The molecule has 0 atom stereocenters. The molecule has 0 radical (unpaired) electrons. The van der Waals surface area contributed by atoms with Crippen molar-refractivity contribution >= 4 is 16.7 Å². The van der Waals surface area contributed by atoms with E-state index in [1.54, 1.807) is 14.2 Å². The third kappa shape index (κ3) is 2.57. The van der Waals surface area contributed by atoms with E-state index < -0.39 is 0 Å². The summed E-state index contributed by atoms with van der Waals surface area (Å²) in [6.07, 6.45) is 0.935. The van der Waals surface area contributed by atoms with Gasteiger partial charge in [-0.3, -0.25) is 0 Å². The van der Waals surface area contributed by atoms with E-state index in [9.17, 15) is 0 Å². The Hall–Kier alpha value is -1.97. The Morgan fingerprint density at radius 2 is 1.89 bits per heavy atom. The standard InChI is InChI=1S/C15H20N2O2/c1-5-10-7-11-8-12(18-3)9-13(19-4)14(11)17-15(10)16-6-2/h7-9H,5-6H2,1-4H3,(H,16,17). The van der Waals surface area contributed by atoms with Crippen LogP contribution in [-0.2, 0) is 6.42 Å². The summed E-state index contributed by atoms with van der Waals surface area (Å²) in [4.78, 5) is 4.69. The van der Waals surface area contributed by atoms with Crippen LogP contribution >= 0.6 is 0 Å². The van der Waals surface area contributed by atoms with E-state index in [-0.39, 0.29) is 0 Å². The van der Waals surface area contributed by atoms with Crippen LogP contribution in [0.5, 0.6) is 11.5 Å². The van der Waals surface area contributed by atoms with Gasteiger partial charge in [-0.25, -0.2) is 4.98 Å². The smallest absolute Gasteiger partial charge is 0.148 e. The van der Waals surface area contributed by atoms with Gasteiger partial charge < -0.3 is 14.8 Å². The zero-order chi connectivity index (χ0) is 13.8. The first-order chi connectivity index (χ1) is 9.23. The summed E-state index contributed by atoms with van der Waals surface area (Å²) >= 11 is 0. The number of nitrogens with one attached hydrogen (secondary N) is 1. The molecule has 0 saturated carbocycles. The minimum atomic E-state index is 0.733. The van der Waals surface area contributed by atoms with Crippen LogP contribution in [0.2, 0.25) is 0 Å². The van der Waals surface area contributed by atoms with Gasteiger partial charge in [0.25, 0.3) is 0 Å². The molecule has 0 spiro atoms. The molecule has 1 aromatic heterocycles. The van der Waals surface area contributed by atoms with Crippen molar-refractivity contribution in [3.05, 3.63) is 23.8 Å². The molecule has 2 rings (SSSR count). The van der Waals surface area contributed by atoms with Crippen LogP contribution in [0, 0.1) is 0 Å². The average Bonchev–Trinajstić information content (AvgIpc) is 2.45. The van der Waals surface area contributed by atoms with Crippen molar-refractivity contribution in [1.29, 1.82) is 0 Å². The highest BCUT2D eigenvalue weighted by Crippen LogP contribution is 2.32. The molecule has 0 aliphatic rings. The number of fused-ring (bicyclic) bond motifs is 1. The molecule has 19 heavy (non-hydrogen) atoms. The highest BCUT2D eigenvalue weighted by atomic mass is 16.5. The van der Waals surface area contributed by atoms with E-state index in [2.05, 4.69) is 25.2 Å². The molecule has 0 aliphatic heterocycles. The maximum atomic E-state index is 5.41. The number of methoxy groups -OCH3 is 2. The SMILES string of the molecule is CCNc1nc2c(OC)cc(OC)cc2cc1CC. The van der Waals surface area contributed by atoms with Crippen molar-refractivity contribution in [1.82, 2.24) is 4.98 Å². The maximum absolute atomic E-state index is 5.41. The third-order valence-corrected chi connectivity index (χ3v) is 3.12. The highest BCUT2D eigenvalue weighted by molar-refractivity contribution is 5.88. The maximum Gasteiger partial charge on any atom is 0.148 e. The summed E-state index contributed by atoms with van der Waals surface area (Å²) in [7, 11) is 3.30. The third-order valence-electron chi connectivity index (χ3n) is 3.12. The second kappa shape index (κ2) is 5.78. The largest absolute Gasteiger partial charge is 0.497 e. The minimum absolute atomic E-state index is 0.733. The van der Waals surface area contributed by atoms with E-state index in [1.807, 2.05) is 12.1 Å². The summed E-state index contributed by atoms with van der Waals surface area (Å²) in [5.74, 6) is 2.45. The van der Waals surface area contributed by atoms with Crippen molar-refractivity contribution in [2.75, 3.05) is 26.1 Å². The van der Waals surface area contributed by atoms with Crippen LogP contribution < -0.4 is 14.8 Å². The Kier molecular flexibility index (Phi) is 4.10. The Morgan fingerprint density at radius 3 is 2.47 bits per heavy atom. The van der Waals surface area contributed by atoms with Gasteiger partial charge in [0.05, 0.1) is 14.2 Å². The molecule has 0 aliphatic carbocycles. The van der Waals surface area contributed by atoms with Crippen molar-refractivity contribution < 1.29 is 9.47 Å². The van der Waals surface area contributed by atoms with Crippen molar-refractivity contribution in [3.8, 4) is 11.5 Å². The molecule has 0 unspecified atom stereocenters. The number of ether oxygens (including phenoxy) is 2. The van der Waals surface area contributed by atoms with E-state index in [1.165, 1.54) is 5.56 Å². The van der Waals surface area contributed by atoms with Crippen molar-refractivity contribution in [3.63, 3.8) is 0 Å². The Balaban J connectivity index is 2.68. The first-order valence-electron chi connectivity index (χ1n) is 6.53. The fourth-order valence-corrected chi connectivity index (χ4v) is 2.14. The predicted molar refractivity (Wildman–Crippen MR) is 78.4 cm³/mol. The predicted octanol–water partition coefficient (Wildman–Crippen LogP) is 3.25. The van der Waals surface area contributed by atoms with E-state index >= 15 is 0 Å². The Labute approximate surface area is 113 Å². The molecule has 4 heteroatoms. The number of hydrogen-bond donors (Lipinski definition) is 1. The monoisotopic (exact) mass is 260 g/mol. The second-order valence-electron chi connectivity index (χ2n) is 4.28. The number of nitrogens with zero attached hydrogens (tertiary/aromatic N) is 1. The number of pyridine rings is 1. The average molecular weight is 260 g/mol. The Morgan fingerprint density at radius 1 is 1.11 bits per heavy atom. The topological polar surface area (TPSA) is 43.4 Å². The first-order valence-corrected chi connectivity index (χ1v) is 6.53. The van der Waals surface area contributed by atoms with Gasteiger partial charge in [-0.2, -0.15) is 0 Å². The number of hydrogen-bond acceptors (Lipinski definition) is 4.